The van der Waals surface area contributed by atoms with Crippen molar-refractivity contribution in [2.75, 3.05) is 11.9 Å². The molecule has 1 fully saturated rings. The molecule has 2 aromatic heterocycles. The summed E-state index contributed by atoms with van der Waals surface area (Å²) >= 11 is 0. The number of alkyl halides is 3. The van der Waals surface area contributed by atoms with E-state index in [-0.39, 0.29) is 24.4 Å². The topological polar surface area (TPSA) is 68.0 Å². The van der Waals surface area contributed by atoms with Gasteiger partial charge in [0.1, 0.15) is 11.5 Å². The van der Waals surface area contributed by atoms with Gasteiger partial charge in [-0.25, -0.2) is 4.68 Å². The van der Waals surface area contributed by atoms with Crippen molar-refractivity contribution in [3.63, 3.8) is 0 Å². The lowest BCUT2D eigenvalue weighted by Gasteiger charge is -2.31. The van der Waals surface area contributed by atoms with Gasteiger partial charge in [0.15, 0.2) is 6.04 Å². The van der Waals surface area contributed by atoms with E-state index in [0.717, 1.165) is 11.1 Å². The summed E-state index contributed by atoms with van der Waals surface area (Å²) in [7, 11) is 1.69. The van der Waals surface area contributed by atoms with E-state index in [1.165, 1.54) is 4.68 Å². The SMILES string of the molecule is C[C@@H]1C[C@H](C(F)(F)F)n2nc([C@@H]3CCCN3C(=O)c3ccnn3C)cc2N1. The number of anilines is 1. The molecule has 2 aromatic rings. The molecule has 0 saturated carbocycles. The normalized spacial score (nSPS) is 25.4. The Balaban J connectivity index is 1.66. The molecule has 10 heteroatoms. The third kappa shape index (κ3) is 3.06. The number of hydrogen-bond donors (Lipinski definition) is 1. The number of nitrogens with one attached hydrogen (secondary N) is 1. The highest BCUT2D eigenvalue weighted by atomic mass is 19.4. The Labute approximate surface area is 154 Å². The number of carbonyl (C=O) groups excluding carboxylic acids is 1. The van der Waals surface area contributed by atoms with Gasteiger partial charge in [0.05, 0.1) is 11.7 Å². The van der Waals surface area contributed by atoms with Gasteiger partial charge in [0.2, 0.25) is 0 Å². The van der Waals surface area contributed by atoms with Crippen LogP contribution in [-0.2, 0) is 7.05 Å². The number of aryl methyl sites for hydroxylation is 1. The molecule has 1 saturated heterocycles. The van der Waals surface area contributed by atoms with Crippen molar-refractivity contribution in [3.05, 3.63) is 29.7 Å². The van der Waals surface area contributed by atoms with Crippen LogP contribution in [0, 0.1) is 0 Å². The Hall–Kier alpha value is -2.52. The first-order chi connectivity index (χ1) is 12.8. The standard InChI is InChI=1S/C17H21F3N6O/c1-10-8-14(17(18,19)20)26-15(22-10)9-11(23-26)12-4-3-7-25(12)16(27)13-5-6-21-24(13)2/h5-6,9-10,12,14,22H,3-4,7-8H2,1-2H3/t10-,12+,14-/m1/s1. The lowest BCUT2D eigenvalue weighted by Crippen LogP contribution is -2.38. The quantitative estimate of drug-likeness (QED) is 0.867. The molecule has 0 radical (unpaired) electrons. The summed E-state index contributed by atoms with van der Waals surface area (Å²) in [5, 5.41) is 11.4. The van der Waals surface area contributed by atoms with Crippen LogP contribution in [-0.4, -0.2) is 49.1 Å². The van der Waals surface area contributed by atoms with Crippen LogP contribution in [0.15, 0.2) is 18.3 Å². The van der Waals surface area contributed by atoms with Crippen LogP contribution in [0.3, 0.4) is 0 Å². The van der Waals surface area contributed by atoms with Crippen molar-refractivity contribution < 1.29 is 18.0 Å². The Bertz CT molecular complexity index is 857. The summed E-state index contributed by atoms with van der Waals surface area (Å²) in [5.74, 6) is 0.170. The lowest BCUT2D eigenvalue weighted by atomic mass is 10.1. The van der Waals surface area contributed by atoms with Crippen LogP contribution in [0.4, 0.5) is 19.0 Å². The number of rotatable bonds is 2. The first-order valence-corrected chi connectivity index (χ1v) is 8.97. The second-order valence-electron chi connectivity index (χ2n) is 7.23. The van der Waals surface area contributed by atoms with Crippen molar-refractivity contribution in [1.82, 2.24) is 24.5 Å². The molecule has 4 rings (SSSR count). The maximum Gasteiger partial charge on any atom is 0.410 e. The van der Waals surface area contributed by atoms with Crippen molar-refractivity contribution in [2.24, 2.45) is 7.05 Å². The molecule has 1 amide bonds. The molecule has 2 aliphatic rings. The fourth-order valence-electron chi connectivity index (χ4n) is 3.99. The highest BCUT2D eigenvalue weighted by Crippen LogP contribution is 2.41. The van der Waals surface area contributed by atoms with Gasteiger partial charge < -0.3 is 10.2 Å². The fraction of sp³-hybridized carbons (Fsp3) is 0.588. The van der Waals surface area contributed by atoms with Gasteiger partial charge in [-0.05, 0) is 32.3 Å². The summed E-state index contributed by atoms with van der Waals surface area (Å²) in [6.45, 7) is 2.27. The molecule has 2 aliphatic heterocycles. The zero-order valence-corrected chi connectivity index (χ0v) is 15.1. The summed E-state index contributed by atoms with van der Waals surface area (Å²) in [6, 6.07) is 0.994. The monoisotopic (exact) mass is 382 g/mol. The Morgan fingerprint density at radius 3 is 2.81 bits per heavy atom. The van der Waals surface area contributed by atoms with E-state index in [1.54, 1.807) is 37.2 Å². The molecule has 0 unspecified atom stereocenters. The largest absolute Gasteiger partial charge is 0.410 e. The van der Waals surface area contributed by atoms with E-state index in [9.17, 15) is 18.0 Å². The Kier molecular flexibility index (Phi) is 4.15. The molecular weight excluding hydrogens is 361 g/mol. The van der Waals surface area contributed by atoms with Crippen LogP contribution < -0.4 is 5.32 Å². The molecule has 0 spiro atoms. The van der Waals surface area contributed by atoms with Crippen LogP contribution >= 0.6 is 0 Å². The van der Waals surface area contributed by atoms with E-state index in [1.807, 2.05) is 0 Å². The number of fused-ring (bicyclic) bond motifs is 1. The predicted octanol–water partition coefficient (Wildman–Crippen LogP) is 2.90. The molecule has 146 valence electrons. The van der Waals surface area contributed by atoms with Crippen molar-refractivity contribution >= 4 is 11.7 Å². The minimum atomic E-state index is -4.37. The number of aromatic nitrogens is 4. The third-order valence-electron chi connectivity index (χ3n) is 5.29. The second-order valence-corrected chi connectivity index (χ2v) is 7.23. The maximum atomic E-state index is 13.5. The van der Waals surface area contributed by atoms with Gasteiger partial charge in [0, 0.05) is 31.9 Å². The van der Waals surface area contributed by atoms with Gasteiger partial charge in [-0.1, -0.05) is 0 Å². The van der Waals surface area contributed by atoms with Gasteiger partial charge in [-0.2, -0.15) is 23.4 Å². The molecule has 1 N–H and O–H groups in total. The highest BCUT2D eigenvalue weighted by Gasteiger charge is 2.46. The number of amides is 1. The molecule has 4 heterocycles. The predicted molar refractivity (Wildman–Crippen MR) is 91.2 cm³/mol. The summed E-state index contributed by atoms with van der Waals surface area (Å²) in [6.07, 6.45) is -1.43. The minimum absolute atomic E-state index is 0.0695. The Morgan fingerprint density at radius 2 is 2.15 bits per heavy atom. The van der Waals surface area contributed by atoms with Crippen LogP contribution in [0.1, 0.15) is 54.5 Å². The maximum absolute atomic E-state index is 13.5. The molecule has 0 aromatic carbocycles. The zero-order chi connectivity index (χ0) is 19.3. The highest BCUT2D eigenvalue weighted by molar-refractivity contribution is 5.93. The average Bonchev–Trinajstić information content (AvgIpc) is 3.30. The Morgan fingerprint density at radius 1 is 1.37 bits per heavy atom. The number of nitrogens with zero attached hydrogens (tertiary/aromatic N) is 5. The zero-order valence-electron chi connectivity index (χ0n) is 15.1. The molecule has 7 nitrogen and oxygen atoms in total. The molecule has 0 bridgehead atoms. The molecule has 27 heavy (non-hydrogen) atoms. The van der Waals surface area contributed by atoms with Crippen molar-refractivity contribution in [3.8, 4) is 0 Å². The third-order valence-corrected chi connectivity index (χ3v) is 5.29. The fourth-order valence-corrected chi connectivity index (χ4v) is 3.99. The van der Waals surface area contributed by atoms with Crippen molar-refractivity contribution in [2.45, 2.75) is 50.5 Å². The second kappa shape index (κ2) is 6.28. The van der Waals surface area contributed by atoms with Crippen LogP contribution in [0.25, 0.3) is 0 Å². The lowest BCUT2D eigenvalue weighted by molar-refractivity contribution is -0.173. The molecular formula is C17H21F3N6O. The molecule has 0 aliphatic carbocycles. The van der Waals surface area contributed by atoms with Crippen LogP contribution in [0.2, 0.25) is 0 Å². The number of likely N-dealkylation sites (tertiary alicyclic amines) is 1. The number of carbonyl (C=O) groups is 1. The van der Waals surface area contributed by atoms with Gasteiger partial charge in [0.25, 0.3) is 5.91 Å². The first kappa shape index (κ1) is 17.9. The van der Waals surface area contributed by atoms with Crippen LogP contribution in [0.5, 0.6) is 0 Å². The average molecular weight is 382 g/mol. The summed E-state index contributed by atoms with van der Waals surface area (Å²) < 4.78 is 42.9. The van der Waals surface area contributed by atoms with Gasteiger partial charge in [-0.3, -0.25) is 9.48 Å². The first-order valence-electron chi connectivity index (χ1n) is 8.97. The van der Waals surface area contributed by atoms with E-state index in [2.05, 4.69) is 15.5 Å². The minimum Gasteiger partial charge on any atom is -0.368 e. The van der Waals surface area contributed by atoms with Gasteiger partial charge in [-0.15, -0.1) is 0 Å². The van der Waals surface area contributed by atoms with E-state index < -0.39 is 12.2 Å². The molecule has 3 atom stereocenters. The van der Waals surface area contributed by atoms with Gasteiger partial charge >= 0.3 is 6.18 Å². The number of hydrogen-bond acceptors (Lipinski definition) is 4. The smallest absolute Gasteiger partial charge is 0.368 e. The number of halogens is 3. The summed E-state index contributed by atoms with van der Waals surface area (Å²) in [4.78, 5) is 14.5. The summed E-state index contributed by atoms with van der Waals surface area (Å²) in [5.41, 5.74) is 0.944. The van der Waals surface area contributed by atoms with E-state index >= 15 is 0 Å². The van der Waals surface area contributed by atoms with E-state index in [0.29, 0.717) is 30.2 Å². The van der Waals surface area contributed by atoms with Crippen molar-refractivity contribution in [1.29, 1.82) is 0 Å². The van der Waals surface area contributed by atoms with E-state index in [4.69, 9.17) is 0 Å².